The molecule has 2 aromatic carbocycles. The van der Waals surface area contributed by atoms with E-state index in [1.54, 1.807) is 12.1 Å². The van der Waals surface area contributed by atoms with Crippen LogP contribution in [0.3, 0.4) is 0 Å². The molecule has 3 aromatic rings. The summed E-state index contributed by atoms with van der Waals surface area (Å²) < 4.78 is 40.1. The number of carbonyl (C=O) groups excluding carboxylic acids is 1. The van der Waals surface area contributed by atoms with Crippen molar-refractivity contribution >= 4 is 6.41 Å². The molecule has 44 heavy (non-hydrogen) atoms. The molecule has 1 saturated carbocycles. The number of nitrogens with one attached hydrogen (secondary N) is 2. The van der Waals surface area contributed by atoms with Crippen molar-refractivity contribution in [1.29, 1.82) is 0 Å². The number of halogens is 3. The number of pyridine rings is 1. The fourth-order valence-electron chi connectivity index (χ4n) is 7.04. The first-order chi connectivity index (χ1) is 21.2. The van der Waals surface area contributed by atoms with Gasteiger partial charge in [-0.2, -0.15) is 0 Å². The lowest BCUT2D eigenvalue weighted by Crippen LogP contribution is -2.59. The number of aromatic nitrogens is 1. The molecule has 3 fully saturated rings. The van der Waals surface area contributed by atoms with Crippen LogP contribution in [0.2, 0.25) is 0 Å². The van der Waals surface area contributed by atoms with E-state index in [1.807, 2.05) is 19.2 Å². The summed E-state index contributed by atoms with van der Waals surface area (Å²) in [6, 6.07) is 13.2. The number of rotatable bonds is 6. The molecule has 1 amide bonds. The average Bonchev–Trinajstić information content (AvgIpc) is 3.49. The van der Waals surface area contributed by atoms with E-state index in [0.29, 0.717) is 25.9 Å². The highest BCUT2D eigenvalue weighted by molar-refractivity contribution is 5.58. The maximum absolute atomic E-state index is 13.8. The molecule has 1 spiro atoms. The van der Waals surface area contributed by atoms with Crippen LogP contribution in [0.5, 0.6) is 0 Å². The van der Waals surface area contributed by atoms with Crippen LogP contribution in [0, 0.1) is 17.5 Å². The van der Waals surface area contributed by atoms with Crippen molar-refractivity contribution in [3.63, 3.8) is 0 Å². The highest BCUT2D eigenvalue weighted by Crippen LogP contribution is 2.38. The fraction of sp³-hybridized carbons (Fsp3) is 0.471. The number of likely N-dealkylation sites (tertiary alicyclic amines) is 1. The average molecular weight is 610 g/mol. The van der Waals surface area contributed by atoms with Gasteiger partial charge in [-0.25, -0.2) is 13.2 Å². The normalized spacial score (nSPS) is 22.1. The summed E-state index contributed by atoms with van der Waals surface area (Å²) >= 11 is 0. The van der Waals surface area contributed by atoms with Crippen molar-refractivity contribution in [2.45, 2.75) is 62.7 Å². The number of benzene rings is 2. The van der Waals surface area contributed by atoms with Gasteiger partial charge in [0, 0.05) is 61.1 Å². The Morgan fingerprint density at radius 3 is 2.39 bits per heavy atom. The van der Waals surface area contributed by atoms with Crippen molar-refractivity contribution in [1.82, 2.24) is 25.0 Å². The van der Waals surface area contributed by atoms with Crippen LogP contribution < -0.4 is 10.9 Å². The number of piperazine rings is 1. The van der Waals surface area contributed by atoms with Gasteiger partial charge in [-0.3, -0.25) is 14.5 Å². The molecule has 2 unspecified atom stereocenters. The van der Waals surface area contributed by atoms with E-state index in [-0.39, 0.29) is 28.5 Å². The van der Waals surface area contributed by atoms with Crippen molar-refractivity contribution in [2.75, 3.05) is 40.3 Å². The third kappa shape index (κ3) is 7.25. The predicted octanol–water partition coefficient (Wildman–Crippen LogP) is 5.09. The molecule has 3 aliphatic rings. The number of nitrogens with zero attached hydrogens (tertiary/aromatic N) is 3. The van der Waals surface area contributed by atoms with Gasteiger partial charge >= 0.3 is 0 Å². The number of hydrogen-bond donors (Lipinski definition) is 2. The molecular weight excluding hydrogens is 567 g/mol. The second-order valence-electron chi connectivity index (χ2n) is 12.4. The van der Waals surface area contributed by atoms with Gasteiger partial charge in [0.1, 0.15) is 17.5 Å². The first-order valence-electron chi connectivity index (χ1n) is 15.5. The van der Waals surface area contributed by atoms with Crippen LogP contribution in [-0.4, -0.2) is 77.9 Å². The lowest BCUT2D eigenvalue weighted by atomic mass is 9.91. The molecular formula is C34H42F3N5O2. The first kappa shape index (κ1) is 31.9. The summed E-state index contributed by atoms with van der Waals surface area (Å²) in [5.41, 5.74) is 2.80. The minimum atomic E-state index is -0.483. The number of likely N-dealkylation sites (N-methyl/N-ethyl adjacent to an activating group) is 1. The highest BCUT2D eigenvalue weighted by atomic mass is 19.1. The SMILES string of the molecule is CN1CCN(Cc2ccc(-c3ccc(F)cc3)[nH]c2=O)C2(CCCC2)C1.CNC1CCN(C=O)C(c2cc(F)ccc2F)C1. The number of carbonyl (C=O) groups is 1. The second-order valence-corrected chi connectivity index (χ2v) is 12.4. The number of hydrogen-bond acceptors (Lipinski definition) is 5. The van der Waals surface area contributed by atoms with Gasteiger partial charge in [-0.05, 0) is 93.9 Å². The Labute approximate surface area is 257 Å². The maximum atomic E-state index is 13.8. The van der Waals surface area contributed by atoms with Crippen LogP contribution in [0.25, 0.3) is 11.3 Å². The summed E-state index contributed by atoms with van der Waals surface area (Å²) in [5, 5.41) is 3.12. The van der Waals surface area contributed by atoms with Gasteiger partial charge in [-0.1, -0.05) is 18.9 Å². The minimum Gasteiger partial charge on any atom is -0.338 e. The Morgan fingerprint density at radius 2 is 1.70 bits per heavy atom. The third-order valence-electron chi connectivity index (χ3n) is 9.53. The van der Waals surface area contributed by atoms with Crippen molar-refractivity contribution in [3.05, 3.63) is 93.5 Å². The molecule has 2 N–H and O–H groups in total. The molecule has 1 aliphatic carbocycles. The lowest BCUT2D eigenvalue weighted by Gasteiger charge is -2.48. The Hall–Kier alpha value is -3.47. The Bertz CT molecular complexity index is 1470. The molecule has 0 bridgehead atoms. The van der Waals surface area contributed by atoms with Gasteiger partial charge in [0.25, 0.3) is 5.56 Å². The van der Waals surface area contributed by atoms with E-state index in [1.165, 1.54) is 48.8 Å². The molecule has 2 atom stereocenters. The van der Waals surface area contributed by atoms with Crippen molar-refractivity contribution in [3.8, 4) is 11.3 Å². The molecule has 6 rings (SSSR count). The van der Waals surface area contributed by atoms with Crippen LogP contribution in [0.4, 0.5) is 13.2 Å². The Kier molecular flexibility index (Phi) is 10.2. The largest absolute Gasteiger partial charge is 0.338 e. The summed E-state index contributed by atoms with van der Waals surface area (Å²) in [4.78, 5) is 33.1. The summed E-state index contributed by atoms with van der Waals surface area (Å²) in [6.07, 6.45) is 7.14. The zero-order valence-corrected chi connectivity index (χ0v) is 25.5. The summed E-state index contributed by atoms with van der Waals surface area (Å²) in [7, 11) is 4.03. The van der Waals surface area contributed by atoms with Gasteiger partial charge in [0.15, 0.2) is 0 Å². The first-order valence-corrected chi connectivity index (χ1v) is 15.5. The third-order valence-corrected chi connectivity index (χ3v) is 9.53. The van der Waals surface area contributed by atoms with E-state index >= 15 is 0 Å². The molecule has 2 saturated heterocycles. The number of H-pyrrole nitrogens is 1. The molecule has 2 aliphatic heterocycles. The van der Waals surface area contributed by atoms with Crippen LogP contribution >= 0.6 is 0 Å². The van der Waals surface area contributed by atoms with Crippen molar-refractivity contribution in [2.24, 2.45) is 0 Å². The monoisotopic (exact) mass is 609 g/mol. The number of aromatic amines is 1. The maximum Gasteiger partial charge on any atom is 0.252 e. The van der Waals surface area contributed by atoms with Crippen LogP contribution in [0.15, 0.2) is 59.4 Å². The van der Waals surface area contributed by atoms with E-state index in [0.717, 1.165) is 55.0 Å². The van der Waals surface area contributed by atoms with E-state index < -0.39 is 17.7 Å². The van der Waals surface area contributed by atoms with E-state index in [4.69, 9.17) is 0 Å². The Balaban J connectivity index is 0.000000187. The van der Waals surface area contributed by atoms with Crippen molar-refractivity contribution < 1.29 is 18.0 Å². The predicted molar refractivity (Wildman–Crippen MR) is 166 cm³/mol. The molecule has 0 radical (unpaired) electrons. The number of piperidine rings is 1. The van der Waals surface area contributed by atoms with Crippen LogP contribution in [-0.2, 0) is 11.3 Å². The van der Waals surface area contributed by atoms with E-state index in [9.17, 15) is 22.8 Å². The summed E-state index contributed by atoms with van der Waals surface area (Å²) in [5.74, 6) is -1.22. The standard InChI is InChI=1S/C21H26FN3O.C13H16F2N2O/c1-24-12-13-25(21(15-24)10-2-3-11-21)14-17-6-9-19(23-20(17)26)16-4-7-18(22)8-5-16;1-16-10-4-5-17(8-18)13(7-10)11-6-9(14)2-3-12(11)15/h4-9H,2-3,10-15H2,1H3,(H,23,26);2-3,6,8,10,13,16H,4-5,7H2,1H3. The van der Waals surface area contributed by atoms with E-state index in [2.05, 4.69) is 27.1 Å². The quantitative estimate of drug-likeness (QED) is 0.382. The van der Waals surface area contributed by atoms with Crippen LogP contribution in [0.1, 0.15) is 55.7 Å². The van der Waals surface area contributed by atoms with Gasteiger partial charge in [0.2, 0.25) is 6.41 Å². The topological polar surface area (TPSA) is 71.7 Å². The Morgan fingerprint density at radius 1 is 0.977 bits per heavy atom. The zero-order valence-electron chi connectivity index (χ0n) is 25.5. The summed E-state index contributed by atoms with van der Waals surface area (Å²) in [6.45, 7) is 4.41. The molecule has 10 heteroatoms. The molecule has 7 nitrogen and oxygen atoms in total. The zero-order chi connectivity index (χ0) is 31.3. The fourth-order valence-corrected chi connectivity index (χ4v) is 7.04. The van der Waals surface area contributed by atoms with Gasteiger partial charge in [-0.15, -0.1) is 0 Å². The smallest absolute Gasteiger partial charge is 0.252 e. The van der Waals surface area contributed by atoms with Gasteiger partial charge < -0.3 is 20.1 Å². The lowest BCUT2D eigenvalue weighted by molar-refractivity contribution is -0.121. The minimum absolute atomic E-state index is 0.0427. The molecule has 3 heterocycles. The van der Waals surface area contributed by atoms with Gasteiger partial charge in [0.05, 0.1) is 6.04 Å². The molecule has 1 aromatic heterocycles. The second kappa shape index (κ2) is 14.1. The molecule has 236 valence electrons. The highest BCUT2D eigenvalue weighted by Gasteiger charge is 2.42. The number of amides is 1.